The number of benzene rings is 1. The van der Waals surface area contributed by atoms with Crippen LogP contribution in [0.1, 0.15) is 44.2 Å². The second kappa shape index (κ2) is 8.53. The Bertz CT molecular complexity index is 1260. The minimum atomic E-state index is -0.384. The van der Waals surface area contributed by atoms with Crippen LogP contribution >= 0.6 is 0 Å². The van der Waals surface area contributed by atoms with Crippen LogP contribution in [0.3, 0.4) is 0 Å². The fourth-order valence-corrected chi connectivity index (χ4v) is 3.58. The Hall–Kier alpha value is -3.95. The van der Waals surface area contributed by atoms with Gasteiger partial charge < -0.3 is 15.4 Å². The zero-order valence-corrected chi connectivity index (χ0v) is 18.5. The molecule has 2 aromatic heterocycles. The van der Waals surface area contributed by atoms with E-state index < -0.39 is 0 Å². The molecule has 1 aliphatic heterocycles. The van der Waals surface area contributed by atoms with Crippen molar-refractivity contribution in [2.45, 2.75) is 51.8 Å². The molecule has 10 nitrogen and oxygen atoms in total. The number of para-hydroxylation sites is 1. The van der Waals surface area contributed by atoms with Crippen LogP contribution in [0, 0.1) is 0 Å². The number of ether oxygens (including phenoxy) is 1. The van der Waals surface area contributed by atoms with E-state index in [0.717, 1.165) is 24.2 Å². The highest BCUT2D eigenvalue weighted by Gasteiger charge is 2.26. The first-order chi connectivity index (χ1) is 16.0. The number of imide groups is 1. The lowest BCUT2D eigenvalue weighted by molar-refractivity contribution is -0.124. The maximum Gasteiger partial charge on any atom is 0.254 e. The van der Waals surface area contributed by atoms with Crippen molar-refractivity contribution in [1.29, 1.82) is 0 Å². The van der Waals surface area contributed by atoms with E-state index in [2.05, 4.69) is 31.0 Å². The Balaban J connectivity index is 1.47. The van der Waals surface area contributed by atoms with Crippen molar-refractivity contribution < 1.29 is 14.3 Å². The van der Waals surface area contributed by atoms with Crippen LogP contribution < -0.4 is 20.7 Å². The molecular formula is C23H25N7O3. The van der Waals surface area contributed by atoms with Crippen LogP contribution in [-0.4, -0.2) is 43.5 Å². The molecular weight excluding hydrogens is 422 g/mol. The molecule has 2 amide bonds. The number of amides is 2. The molecule has 3 aromatic rings. The van der Waals surface area contributed by atoms with E-state index >= 15 is 0 Å². The van der Waals surface area contributed by atoms with Gasteiger partial charge in [0.05, 0.1) is 18.7 Å². The van der Waals surface area contributed by atoms with Crippen molar-refractivity contribution in [3.8, 4) is 5.75 Å². The normalized spacial score (nSPS) is 17.1. The summed E-state index contributed by atoms with van der Waals surface area (Å²) in [5.74, 6) is 1.12. The molecule has 2 fully saturated rings. The number of carbonyl (C=O) groups is 2. The molecule has 2 aliphatic rings. The van der Waals surface area contributed by atoms with Crippen LogP contribution in [0.25, 0.3) is 11.7 Å². The fraction of sp³-hybridized carbons (Fsp3) is 0.348. The van der Waals surface area contributed by atoms with Crippen LogP contribution in [-0.2, 0) is 16.1 Å². The molecule has 0 atom stereocenters. The first-order valence-corrected chi connectivity index (χ1v) is 11.0. The summed E-state index contributed by atoms with van der Waals surface area (Å²) < 4.78 is 7.53. The minimum Gasteiger partial charge on any atom is -0.491 e. The average Bonchev–Trinajstić information content (AvgIpc) is 3.41. The third kappa shape index (κ3) is 4.64. The van der Waals surface area contributed by atoms with Crippen LogP contribution in [0.2, 0.25) is 0 Å². The van der Waals surface area contributed by atoms with Crippen LogP contribution in [0.15, 0.2) is 36.0 Å². The van der Waals surface area contributed by atoms with Crippen molar-refractivity contribution in [2.24, 2.45) is 0 Å². The van der Waals surface area contributed by atoms with E-state index in [1.807, 2.05) is 38.1 Å². The van der Waals surface area contributed by atoms with Crippen molar-refractivity contribution in [3.05, 3.63) is 47.2 Å². The monoisotopic (exact) mass is 447 g/mol. The molecule has 33 heavy (non-hydrogen) atoms. The number of aromatic nitrogens is 4. The third-order valence-electron chi connectivity index (χ3n) is 5.30. The number of nitrogens with one attached hydrogen (secondary N) is 3. The SMILES string of the molecule is CC(C)Oc1ccccc1CNc1nc(NC2CC2)n2ncc(/C=C3\CC(=O)NC3=O)c2n1. The smallest absolute Gasteiger partial charge is 0.254 e. The molecule has 0 unspecified atom stereocenters. The Morgan fingerprint density at radius 1 is 1.24 bits per heavy atom. The molecule has 1 aromatic carbocycles. The van der Waals surface area contributed by atoms with Crippen LogP contribution in [0.5, 0.6) is 5.75 Å². The number of anilines is 2. The standard InChI is InChI=1S/C23H25N7O3/c1-13(2)33-18-6-4-3-5-14(18)11-24-22-28-20-16(9-15-10-19(31)27-21(15)32)12-25-30(20)23(29-22)26-17-7-8-17/h3-6,9,12-13,17H,7-8,10-11H2,1-2H3,(H,27,31,32)(H2,24,26,28,29)/b15-9+. The van der Waals surface area contributed by atoms with E-state index in [9.17, 15) is 9.59 Å². The second-order valence-electron chi connectivity index (χ2n) is 8.48. The van der Waals surface area contributed by atoms with Gasteiger partial charge in [-0.05, 0) is 38.8 Å². The van der Waals surface area contributed by atoms with E-state index in [1.54, 1.807) is 16.8 Å². The molecule has 1 aliphatic carbocycles. The quantitative estimate of drug-likeness (QED) is 0.356. The lowest BCUT2D eigenvalue weighted by Gasteiger charge is -2.15. The Kier molecular flexibility index (Phi) is 5.41. The van der Waals surface area contributed by atoms with Gasteiger partial charge in [-0.2, -0.15) is 19.6 Å². The van der Waals surface area contributed by atoms with Gasteiger partial charge in [-0.3, -0.25) is 14.9 Å². The lowest BCUT2D eigenvalue weighted by atomic mass is 10.1. The number of hydrogen-bond donors (Lipinski definition) is 3. The van der Waals surface area contributed by atoms with Gasteiger partial charge >= 0.3 is 0 Å². The molecule has 0 bridgehead atoms. The fourth-order valence-electron chi connectivity index (χ4n) is 3.58. The van der Waals surface area contributed by atoms with Gasteiger partial charge in [-0.1, -0.05) is 18.2 Å². The summed E-state index contributed by atoms with van der Waals surface area (Å²) in [6.07, 6.45) is 5.55. The minimum absolute atomic E-state index is 0.0478. The first-order valence-electron chi connectivity index (χ1n) is 11.0. The highest BCUT2D eigenvalue weighted by Crippen LogP contribution is 2.27. The molecule has 10 heteroatoms. The summed E-state index contributed by atoms with van der Waals surface area (Å²) in [7, 11) is 0. The Morgan fingerprint density at radius 2 is 2.06 bits per heavy atom. The highest BCUT2D eigenvalue weighted by molar-refractivity contribution is 6.15. The molecule has 1 saturated carbocycles. The van der Waals surface area contributed by atoms with Crippen molar-refractivity contribution >= 4 is 35.4 Å². The molecule has 3 heterocycles. The van der Waals surface area contributed by atoms with E-state index in [4.69, 9.17) is 4.74 Å². The summed E-state index contributed by atoms with van der Waals surface area (Å²) in [4.78, 5) is 32.8. The van der Waals surface area contributed by atoms with Gasteiger partial charge in [0.25, 0.3) is 5.91 Å². The number of rotatable bonds is 8. The summed E-state index contributed by atoms with van der Waals surface area (Å²) >= 11 is 0. The largest absolute Gasteiger partial charge is 0.491 e. The summed E-state index contributed by atoms with van der Waals surface area (Å²) in [5.41, 5.74) is 2.56. The van der Waals surface area contributed by atoms with E-state index in [-0.39, 0.29) is 24.3 Å². The lowest BCUT2D eigenvalue weighted by Crippen LogP contribution is -2.19. The van der Waals surface area contributed by atoms with Gasteiger partial charge in [0, 0.05) is 29.3 Å². The first kappa shape index (κ1) is 20.9. The average molecular weight is 447 g/mol. The summed E-state index contributed by atoms with van der Waals surface area (Å²) in [5, 5.41) is 13.4. The molecule has 3 N–H and O–H groups in total. The van der Waals surface area contributed by atoms with Crippen LogP contribution in [0.4, 0.5) is 11.9 Å². The molecule has 5 rings (SSSR count). The maximum absolute atomic E-state index is 12.0. The highest BCUT2D eigenvalue weighted by atomic mass is 16.5. The number of nitrogens with zero attached hydrogens (tertiary/aromatic N) is 4. The summed E-state index contributed by atoms with van der Waals surface area (Å²) in [6.45, 7) is 4.46. The number of fused-ring (bicyclic) bond motifs is 1. The van der Waals surface area contributed by atoms with Crippen molar-refractivity contribution in [2.75, 3.05) is 10.6 Å². The van der Waals surface area contributed by atoms with Crippen molar-refractivity contribution in [1.82, 2.24) is 24.9 Å². The van der Waals surface area contributed by atoms with E-state index in [0.29, 0.717) is 41.3 Å². The topological polar surface area (TPSA) is 123 Å². The number of carbonyl (C=O) groups excluding carboxylic acids is 2. The summed E-state index contributed by atoms with van der Waals surface area (Å²) in [6, 6.07) is 8.20. The van der Waals surface area contributed by atoms with Crippen molar-refractivity contribution in [3.63, 3.8) is 0 Å². The second-order valence-corrected chi connectivity index (χ2v) is 8.48. The molecule has 170 valence electrons. The Morgan fingerprint density at radius 3 is 2.79 bits per heavy atom. The van der Waals surface area contributed by atoms with E-state index in [1.165, 1.54) is 0 Å². The predicted molar refractivity (Wildman–Crippen MR) is 123 cm³/mol. The molecule has 0 radical (unpaired) electrons. The van der Waals surface area contributed by atoms with Gasteiger partial charge in [-0.25, -0.2) is 0 Å². The third-order valence-corrected chi connectivity index (χ3v) is 5.30. The van der Waals surface area contributed by atoms with Gasteiger partial charge in [0.2, 0.25) is 17.8 Å². The number of hydrogen-bond acceptors (Lipinski definition) is 8. The Labute approximate surface area is 190 Å². The van der Waals surface area contributed by atoms with Gasteiger partial charge in [-0.15, -0.1) is 0 Å². The maximum atomic E-state index is 12.0. The zero-order chi connectivity index (χ0) is 22.9. The molecule has 1 saturated heterocycles. The zero-order valence-electron chi connectivity index (χ0n) is 18.5. The predicted octanol–water partition coefficient (Wildman–Crippen LogP) is 2.53. The van der Waals surface area contributed by atoms with Gasteiger partial charge in [0.15, 0.2) is 5.65 Å². The van der Waals surface area contributed by atoms with Gasteiger partial charge in [0.1, 0.15) is 5.75 Å². The molecule has 0 spiro atoms.